The maximum atomic E-state index is 11.8. The van der Waals surface area contributed by atoms with E-state index in [4.69, 9.17) is 10.5 Å². The molecule has 5 nitrogen and oxygen atoms in total. The molecule has 0 radical (unpaired) electrons. The summed E-state index contributed by atoms with van der Waals surface area (Å²) in [6.45, 7) is 1.52. The van der Waals surface area contributed by atoms with Crippen molar-refractivity contribution < 1.29 is 14.3 Å². The Hall–Kier alpha value is -0.940. The fraction of sp³-hybridized carbons (Fsp3) is 0.818. The van der Waals surface area contributed by atoms with Crippen LogP contribution in [0.25, 0.3) is 0 Å². The van der Waals surface area contributed by atoms with Gasteiger partial charge < -0.3 is 10.5 Å². The minimum Gasteiger partial charge on any atom is -0.378 e. The summed E-state index contributed by atoms with van der Waals surface area (Å²) in [6.07, 6.45) is 3.51. The molecule has 1 saturated heterocycles. The van der Waals surface area contributed by atoms with Crippen molar-refractivity contribution >= 4 is 11.7 Å². The van der Waals surface area contributed by atoms with Gasteiger partial charge in [-0.3, -0.25) is 14.5 Å². The Kier molecular flexibility index (Phi) is 3.56. The number of hydrogen-bond acceptors (Lipinski definition) is 4. The summed E-state index contributed by atoms with van der Waals surface area (Å²) >= 11 is 0. The molecule has 0 aromatic heterocycles. The fourth-order valence-electron chi connectivity index (χ4n) is 2.55. The van der Waals surface area contributed by atoms with Crippen molar-refractivity contribution in [3.63, 3.8) is 0 Å². The highest BCUT2D eigenvalue weighted by atomic mass is 16.5. The second-order valence-electron chi connectivity index (χ2n) is 4.46. The standard InChI is InChI=1S/C11H18N2O3/c12-11(15)9-7-16-6-5-13(9)8-3-1-2-4-10(8)14/h8-9H,1-7H2,(H2,12,15). The molecule has 2 unspecified atom stereocenters. The number of rotatable bonds is 2. The van der Waals surface area contributed by atoms with Gasteiger partial charge in [-0.2, -0.15) is 0 Å². The first-order valence-electron chi connectivity index (χ1n) is 5.85. The summed E-state index contributed by atoms with van der Waals surface area (Å²) in [5.41, 5.74) is 5.34. The number of nitrogens with two attached hydrogens (primary N) is 1. The molecular weight excluding hydrogens is 208 g/mol. The van der Waals surface area contributed by atoms with Crippen molar-refractivity contribution in [2.24, 2.45) is 5.73 Å². The van der Waals surface area contributed by atoms with E-state index in [2.05, 4.69) is 0 Å². The Morgan fingerprint density at radius 1 is 1.44 bits per heavy atom. The largest absolute Gasteiger partial charge is 0.378 e. The molecule has 1 saturated carbocycles. The second kappa shape index (κ2) is 4.93. The maximum Gasteiger partial charge on any atom is 0.237 e. The molecule has 0 aromatic rings. The van der Waals surface area contributed by atoms with Crippen LogP contribution in [0.2, 0.25) is 0 Å². The summed E-state index contributed by atoms with van der Waals surface area (Å²) in [5.74, 6) is -0.141. The quantitative estimate of drug-likeness (QED) is 0.700. The van der Waals surface area contributed by atoms with Gasteiger partial charge >= 0.3 is 0 Å². The van der Waals surface area contributed by atoms with E-state index in [0.29, 0.717) is 26.2 Å². The minimum absolute atomic E-state index is 0.116. The molecule has 0 bridgehead atoms. The molecule has 0 aromatic carbocycles. The van der Waals surface area contributed by atoms with Crippen molar-refractivity contribution in [1.29, 1.82) is 0 Å². The number of amides is 1. The van der Waals surface area contributed by atoms with E-state index < -0.39 is 11.9 Å². The number of carbonyl (C=O) groups is 2. The zero-order valence-electron chi connectivity index (χ0n) is 9.35. The van der Waals surface area contributed by atoms with Gasteiger partial charge in [0.25, 0.3) is 0 Å². The van der Waals surface area contributed by atoms with Crippen LogP contribution >= 0.6 is 0 Å². The highest BCUT2D eigenvalue weighted by Gasteiger charge is 2.37. The highest BCUT2D eigenvalue weighted by Crippen LogP contribution is 2.23. The molecule has 0 spiro atoms. The van der Waals surface area contributed by atoms with Crippen molar-refractivity contribution in [2.75, 3.05) is 19.8 Å². The molecule has 16 heavy (non-hydrogen) atoms. The van der Waals surface area contributed by atoms with E-state index in [-0.39, 0.29) is 11.8 Å². The van der Waals surface area contributed by atoms with Gasteiger partial charge in [0, 0.05) is 13.0 Å². The van der Waals surface area contributed by atoms with Crippen LogP contribution in [0, 0.1) is 0 Å². The molecular formula is C11H18N2O3. The van der Waals surface area contributed by atoms with Gasteiger partial charge in [-0.15, -0.1) is 0 Å². The Bertz CT molecular complexity index is 293. The third-order valence-corrected chi connectivity index (χ3v) is 3.42. The lowest BCUT2D eigenvalue weighted by Crippen LogP contribution is -2.58. The second-order valence-corrected chi connectivity index (χ2v) is 4.46. The van der Waals surface area contributed by atoms with Crippen molar-refractivity contribution in [3.8, 4) is 0 Å². The molecule has 2 fully saturated rings. The molecule has 1 aliphatic heterocycles. The predicted octanol–water partition coefficient (Wildman–Crippen LogP) is -0.316. The van der Waals surface area contributed by atoms with Gasteiger partial charge in [-0.25, -0.2) is 0 Å². The van der Waals surface area contributed by atoms with Crippen LogP contribution < -0.4 is 5.73 Å². The van der Waals surface area contributed by atoms with Crippen LogP contribution in [0.5, 0.6) is 0 Å². The SMILES string of the molecule is NC(=O)C1COCCN1C1CCCCC1=O. The van der Waals surface area contributed by atoms with Crippen LogP contribution in [0.15, 0.2) is 0 Å². The topological polar surface area (TPSA) is 72.6 Å². The predicted molar refractivity (Wildman–Crippen MR) is 57.8 cm³/mol. The Labute approximate surface area is 94.9 Å². The molecule has 5 heteroatoms. The van der Waals surface area contributed by atoms with Crippen molar-refractivity contribution in [3.05, 3.63) is 0 Å². The zero-order chi connectivity index (χ0) is 11.5. The third kappa shape index (κ3) is 2.25. The van der Waals surface area contributed by atoms with Gasteiger partial charge in [0.2, 0.25) is 5.91 Å². The highest BCUT2D eigenvalue weighted by molar-refractivity contribution is 5.86. The lowest BCUT2D eigenvalue weighted by Gasteiger charge is -2.40. The number of hydrogen-bond donors (Lipinski definition) is 1. The molecule has 2 atom stereocenters. The van der Waals surface area contributed by atoms with Gasteiger partial charge in [0.15, 0.2) is 0 Å². The van der Waals surface area contributed by atoms with E-state index in [0.717, 1.165) is 19.3 Å². The molecule has 2 rings (SSSR count). The molecule has 2 N–H and O–H groups in total. The van der Waals surface area contributed by atoms with Crippen molar-refractivity contribution in [1.82, 2.24) is 4.90 Å². The number of Topliss-reactive ketones (excluding diaryl/α,β-unsaturated/α-hetero) is 1. The van der Waals surface area contributed by atoms with E-state index in [1.807, 2.05) is 4.90 Å². The number of nitrogens with zero attached hydrogens (tertiary/aromatic N) is 1. The van der Waals surface area contributed by atoms with Crippen LogP contribution in [-0.2, 0) is 14.3 Å². The number of primary amides is 1. The van der Waals surface area contributed by atoms with Gasteiger partial charge in [0.1, 0.15) is 11.8 Å². The van der Waals surface area contributed by atoms with Crippen molar-refractivity contribution in [2.45, 2.75) is 37.8 Å². The lowest BCUT2D eigenvalue weighted by molar-refractivity contribution is -0.138. The number of ether oxygens (including phenoxy) is 1. The molecule has 2 aliphatic rings. The number of morpholine rings is 1. The van der Waals surface area contributed by atoms with Crippen LogP contribution in [-0.4, -0.2) is 48.4 Å². The van der Waals surface area contributed by atoms with E-state index >= 15 is 0 Å². The lowest BCUT2D eigenvalue weighted by atomic mass is 9.91. The molecule has 1 amide bonds. The third-order valence-electron chi connectivity index (χ3n) is 3.42. The molecule has 1 heterocycles. The smallest absolute Gasteiger partial charge is 0.237 e. The van der Waals surface area contributed by atoms with E-state index in [1.165, 1.54) is 0 Å². The summed E-state index contributed by atoms with van der Waals surface area (Å²) < 4.78 is 5.25. The summed E-state index contributed by atoms with van der Waals surface area (Å²) in [5, 5.41) is 0. The summed E-state index contributed by atoms with van der Waals surface area (Å²) in [6, 6.07) is -0.545. The maximum absolute atomic E-state index is 11.8. The normalized spacial score (nSPS) is 32.6. The summed E-state index contributed by atoms with van der Waals surface area (Å²) in [7, 11) is 0. The van der Waals surface area contributed by atoms with Crippen LogP contribution in [0.3, 0.4) is 0 Å². The van der Waals surface area contributed by atoms with Gasteiger partial charge in [-0.1, -0.05) is 6.42 Å². The van der Waals surface area contributed by atoms with Crippen LogP contribution in [0.1, 0.15) is 25.7 Å². The van der Waals surface area contributed by atoms with E-state index in [9.17, 15) is 9.59 Å². The zero-order valence-corrected chi connectivity index (χ0v) is 9.35. The monoisotopic (exact) mass is 226 g/mol. The minimum atomic E-state index is -0.430. The Balaban J connectivity index is 2.09. The number of carbonyl (C=O) groups excluding carboxylic acids is 2. The fourth-order valence-corrected chi connectivity index (χ4v) is 2.55. The van der Waals surface area contributed by atoms with Crippen LogP contribution in [0.4, 0.5) is 0 Å². The van der Waals surface area contributed by atoms with Gasteiger partial charge in [-0.05, 0) is 12.8 Å². The summed E-state index contributed by atoms with van der Waals surface area (Å²) in [4.78, 5) is 25.1. The molecule has 1 aliphatic carbocycles. The Morgan fingerprint density at radius 3 is 2.94 bits per heavy atom. The first-order chi connectivity index (χ1) is 7.70. The Morgan fingerprint density at radius 2 is 2.25 bits per heavy atom. The number of ketones is 1. The van der Waals surface area contributed by atoms with Gasteiger partial charge in [0.05, 0.1) is 19.3 Å². The van der Waals surface area contributed by atoms with E-state index in [1.54, 1.807) is 0 Å². The first-order valence-corrected chi connectivity index (χ1v) is 5.85. The average molecular weight is 226 g/mol. The average Bonchev–Trinajstić information content (AvgIpc) is 2.29. The molecule has 90 valence electrons. The first kappa shape index (κ1) is 11.5.